The summed E-state index contributed by atoms with van der Waals surface area (Å²) in [6.07, 6.45) is 0. The Morgan fingerprint density at radius 2 is 1.36 bits per heavy atom. The SMILES string of the molecule is CC1c2cc(-c3ccc4c(=O)[nH]c(=O)[nH]c4c3OC(F)F)ccc2CN1C(c1ccccc1)(c1ccccc1)c1ccccc1. The minimum atomic E-state index is -3.16. The molecule has 1 aliphatic rings. The molecule has 1 atom stereocenters. The Hall–Kier alpha value is -5.34. The third-order valence-corrected chi connectivity index (χ3v) is 8.80. The number of hydrogen-bond donors (Lipinski definition) is 2. The van der Waals surface area contributed by atoms with Crippen molar-refractivity contribution in [1.29, 1.82) is 0 Å². The Labute approximate surface area is 257 Å². The lowest BCUT2D eigenvalue weighted by molar-refractivity contribution is -0.0485. The molecule has 7 rings (SSSR count). The second-order valence-electron chi connectivity index (χ2n) is 11.2. The lowest BCUT2D eigenvalue weighted by atomic mass is 9.75. The normalized spacial score (nSPS) is 15.0. The highest BCUT2D eigenvalue weighted by Crippen LogP contribution is 2.51. The zero-order valence-corrected chi connectivity index (χ0v) is 24.3. The van der Waals surface area contributed by atoms with Crippen LogP contribution in [0.15, 0.2) is 131 Å². The smallest absolute Gasteiger partial charge is 0.387 e. The van der Waals surface area contributed by atoms with Gasteiger partial charge in [-0.3, -0.25) is 14.7 Å². The number of alkyl halides is 2. The van der Waals surface area contributed by atoms with Crippen LogP contribution in [0.1, 0.15) is 40.8 Å². The van der Waals surface area contributed by atoms with Gasteiger partial charge in [0.1, 0.15) is 0 Å². The minimum Gasteiger partial charge on any atom is -0.432 e. The molecule has 0 radical (unpaired) electrons. The molecule has 1 aromatic heterocycles. The van der Waals surface area contributed by atoms with Gasteiger partial charge < -0.3 is 9.72 Å². The standard InChI is InChI=1S/C37H29F2N3O3/c1-23-31-21-24(29-19-20-30-32(33(29)45-35(38)39)40-36(44)41-34(30)43)17-18-25(31)22-42(23)37(26-11-5-2-6-12-26,27-13-7-3-8-14-27)28-15-9-4-10-16-28/h2-21,23,35H,22H2,1H3,(H2,40,41,43,44). The molecule has 6 aromatic rings. The number of nitrogens with one attached hydrogen (secondary N) is 2. The second kappa shape index (κ2) is 11.3. The van der Waals surface area contributed by atoms with Gasteiger partial charge in [0.25, 0.3) is 5.56 Å². The van der Waals surface area contributed by atoms with Crippen LogP contribution >= 0.6 is 0 Å². The number of fused-ring (bicyclic) bond motifs is 2. The van der Waals surface area contributed by atoms with Crippen LogP contribution in [0, 0.1) is 0 Å². The van der Waals surface area contributed by atoms with E-state index in [4.69, 9.17) is 4.74 Å². The van der Waals surface area contributed by atoms with Gasteiger partial charge >= 0.3 is 12.3 Å². The molecular formula is C37H29F2N3O3. The van der Waals surface area contributed by atoms with E-state index in [1.807, 2.05) is 36.4 Å². The maximum atomic E-state index is 13.7. The first-order chi connectivity index (χ1) is 21.9. The van der Waals surface area contributed by atoms with Crippen molar-refractivity contribution in [3.05, 3.63) is 170 Å². The molecule has 5 aromatic carbocycles. The summed E-state index contributed by atoms with van der Waals surface area (Å²) in [7, 11) is 0. The summed E-state index contributed by atoms with van der Waals surface area (Å²) in [4.78, 5) is 31.6. The van der Waals surface area contributed by atoms with Gasteiger partial charge in [0.2, 0.25) is 0 Å². The van der Waals surface area contributed by atoms with Gasteiger partial charge in [0, 0.05) is 18.2 Å². The van der Waals surface area contributed by atoms with Gasteiger partial charge in [-0.15, -0.1) is 0 Å². The molecule has 8 heteroatoms. The van der Waals surface area contributed by atoms with Gasteiger partial charge in [-0.1, -0.05) is 103 Å². The van der Waals surface area contributed by atoms with E-state index in [1.54, 1.807) is 6.07 Å². The van der Waals surface area contributed by atoms with Crippen LogP contribution in [0.3, 0.4) is 0 Å². The fourth-order valence-electron chi connectivity index (χ4n) is 6.88. The van der Waals surface area contributed by atoms with Crippen molar-refractivity contribution in [3.8, 4) is 16.9 Å². The van der Waals surface area contributed by atoms with E-state index >= 15 is 0 Å². The van der Waals surface area contributed by atoms with E-state index in [1.165, 1.54) is 6.07 Å². The molecular weight excluding hydrogens is 572 g/mol. The van der Waals surface area contributed by atoms with Crippen LogP contribution in [-0.4, -0.2) is 21.5 Å². The third-order valence-electron chi connectivity index (χ3n) is 8.80. The number of H-pyrrole nitrogens is 2. The molecule has 0 bridgehead atoms. The average Bonchev–Trinajstić information content (AvgIpc) is 3.38. The molecule has 0 spiro atoms. The minimum absolute atomic E-state index is 0.0491. The molecule has 2 heterocycles. The number of benzene rings is 5. The van der Waals surface area contributed by atoms with Crippen molar-refractivity contribution in [2.24, 2.45) is 0 Å². The fourth-order valence-corrected chi connectivity index (χ4v) is 6.88. The largest absolute Gasteiger partial charge is 0.432 e. The van der Waals surface area contributed by atoms with E-state index in [0.717, 1.165) is 27.8 Å². The quantitative estimate of drug-likeness (QED) is 0.188. The molecule has 0 fully saturated rings. The first-order valence-corrected chi connectivity index (χ1v) is 14.7. The van der Waals surface area contributed by atoms with Crippen LogP contribution in [0.5, 0.6) is 5.75 Å². The van der Waals surface area contributed by atoms with Crippen molar-refractivity contribution in [1.82, 2.24) is 14.9 Å². The van der Waals surface area contributed by atoms with Gasteiger partial charge in [0.05, 0.1) is 16.4 Å². The van der Waals surface area contributed by atoms with Gasteiger partial charge in [-0.05, 0) is 58.5 Å². The number of aromatic nitrogens is 2. The van der Waals surface area contributed by atoms with E-state index in [2.05, 4.69) is 94.6 Å². The third kappa shape index (κ3) is 4.74. The molecule has 1 unspecified atom stereocenters. The molecule has 0 aliphatic carbocycles. The summed E-state index contributed by atoms with van der Waals surface area (Å²) in [6, 6.07) is 40.2. The van der Waals surface area contributed by atoms with Gasteiger partial charge in [-0.25, -0.2) is 4.79 Å². The first kappa shape index (κ1) is 28.4. The number of ether oxygens (including phenoxy) is 1. The Morgan fingerprint density at radius 1 is 0.778 bits per heavy atom. The maximum Gasteiger partial charge on any atom is 0.387 e. The van der Waals surface area contributed by atoms with Crippen molar-refractivity contribution in [2.45, 2.75) is 31.7 Å². The molecule has 224 valence electrons. The molecule has 0 saturated carbocycles. The molecule has 6 nitrogen and oxygen atoms in total. The van der Waals surface area contributed by atoms with Crippen LogP contribution < -0.4 is 16.0 Å². The summed E-state index contributed by atoms with van der Waals surface area (Å²) in [6.45, 7) is -0.368. The molecule has 0 saturated heterocycles. The Bertz CT molecular complexity index is 2020. The Balaban J connectivity index is 1.41. The summed E-state index contributed by atoms with van der Waals surface area (Å²) in [5.41, 5.74) is 4.29. The predicted molar refractivity (Wildman–Crippen MR) is 170 cm³/mol. The van der Waals surface area contributed by atoms with Crippen LogP contribution in [0.4, 0.5) is 8.78 Å². The van der Waals surface area contributed by atoms with Gasteiger partial charge in [-0.2, -0.15) is 8.78 Å². The summed E-state index contributed by atoms with van der Waals surface area (Å²) >= 11 is 0. The Morgan fingerprint density at radius 3 is 1.91 bits per heavy atom. The van der Waals surface area contributed by atoms with Crippen molar-refractivity contribution in [3.63, 3.8) is 0 Å². The predicted octanol–water partition coefficient (Wildman–Crippen LogP) is 7.35. The Kier molecular flexibility index (Phi) is 7.14. The molecule has 45 heavy (non-hydrogen) atoms. The molecule has 2 N–H and O–H groups in total. The number of aromatic amines is 2. The summed E-state index contributed by atoms with van der Waals surface area (Å²) in [5, 5.41) is 0.0491. The van der Waals surface area contributed by atoms with Crippen LogP contribution in [-0.2, 0) is 12.1 Å². The van der Waals surface area contributed by atoms with Crippen LogP contribution in [0.25, 0.3) is 22.0 Å². The van der Waals surface area contributed by atoms with E-state index < -0.39 is 23.4 Å². The van der Waals surface area contributed by atoms with E-state index in [-0.39, 0.29) is 22.7 Å². The topological polar surface area (TPSA) is 78.2 Å². The van der Waals surface area contributed by atoms with E-state index in [9.17, 15) is 18.4 Å². The average molecular weight is 602 g/mol. The fraction of sp³-hybridized carbons (Fsp3) is 0.135. The van der Waals surface area contributed by atoms with E-state index in [0.29, 0.717) is 17.7 Å². The lowest BCUT2D eigenvalue weighted by Gasteiger charge is -2.46. The summed E-state index contributed by atoms with van der Waals surface area (Å²) < 4.78 is 32.3. The summed E-state index contributed by atoms with van der Waals surface area (Å²) in [5.74, 6) is -0.250. The maximum absolute atomic E-state index is 13.7. The number of hydrogen-bond acceptors (Lipinski definition) is 4. The second-order valence-corrected chi connectivity index (χ2v) is 11.2. The van der Waals surface area contributed by atoms with Crippen molar-refractivity contribution < 1.29 is 13.5 Å². The van der Waals surface area contributed by atoms with Crippen molar-refractivity contribution in [2.75, 3.05) is 0 Å². The highest BCUT2D eigenvalue weighted by atomic mass is 19.3. The van der Waals surface area contributed by atoms with Gasteiger partial charge in [0.15, 0.2) is 5.75 Å². The number of nitrogens with zero attached hydrogens (tertiary/aromatic N) is 1. The lowest BCUT2D eigenvalue weighted by Crippen LogP contribution is -2.46. The molecule has 0 amide bonds. The number of halogens is 2. The van der Waals surface area contributed by atoms with Crippen LogP contribution in [0.2, 0.25) is 0 Å². The van der Waals surface area contributed by atoms with Crippen molar-refractivity contribution >= 4 is 10.9 Å². The first-order valence-electron chi connectivity index (χ1n) is 14.7. The highest BCUT2D eigenvalue weighted by molar-refractivity contribution is 5.92. The number of rotatable bonds is 7. The zero-order valence-electron chi connectivity index (χ0n) is 24.3. The molecule has 1 aliphatic heterocycles. The highest BCUT2D eigenvalue weighted by Gasteiger charge is 2.47. The zero-order chi connectivity index (χ0) is 31.1. The monoisotopic (exact) mass is 601 g/mol.